The molecule has 0 bridgehead atoms. The summed E-state index contributed by atoms with van der Waals surface area (Å²) in [6.07, 6.45) is -1.35. The molecule has 1 heterocycles. The molecule has 0 atom stereocenters. The second-order valence-corrected chi connectivity index (χ2v) is 8.05. The molecule has 4 nitrogen and oxygen atoms in total. The topological polar surface area (TPSA) is 59.1 Å². The van der Waals surface area contributed by atoms with E-state index in [1.807, 2.05) is 19.1 Å². The lowest BCUT2D eigenvalue weighted by atomic mass is 9.98. The molecule has 1 N–H and O–H groups in total. The quantitative estimate of drug-likeness (QED) is 0.231. The summed E-state index contributed by atoms with van der Waals surface area (Å²) in [7, 11) is 0. The smallest absolute Gasteiger partial charge is 0.322 e. The average molecular weight is 486 g/mol. The van der Waals surface area contributed by atoms with E-state index in [4.69, 9.17) is 0 Å². The Balaban J connectivity index is 1.47. The summed E-state index contributed by atoms with van der Waals surface area (Å²) >= 11 is 0. The van der Waals surface area contributed by atoms with Gasteiger partial charge in [-0.25, -0.2) is 0 Å². The Bertz CT molecular complexity index is 1420. The largest absolute Gasteiger partial charge is 0.416 e. The molecule has 7 heteroatoms. The summed E-state index contributed by atoms with van der Waals surface area (Å²) in [4.78, 5) is 29.8. The zero-order valence-corrected chi connectivity index (χ0v) is 19.2. The van der Waals surface area contributed by atoms with Crippen molar-refractivity contribution in [3.8, 4) is 11.1 Å². The molecule has 0 radical (unpaired) electrons. The summed E-state index contributed by atoms with van der Waals surface area (Å²) in [5.74, 6) is -0.626. The SMILES string of the molecule is Cc1cccc(/C=C/C(=O)c2ccc(NC(=O)c3ccccc3-c3ccc(C(F)(F)F)cc3)cc2)n1. The second-order valence-electron chi connectivity index (χ2n) is 8.05. The Kier molecular flexibility index (Phi) is 7.10. The Morgan fingerprint density at radius 1 is 0.833 bits per heavy atom. The van der Waals surface area contributed by atoms with E-state index in [0.29, 0.717) is 33.6 Å². The van der Waals surface area contributed by atoms with Crippen LogP contribution in [0.4, 0.5) is 18.9 Å². The van der Waals surface area contributed by atoms with Gasteiger partial charge in [-0.3, -0.25) is 14.6 Å². The van der Waals surface area contributed by atoms with Gasteiger partial charge in [0.25, 0.3) is 5.91 Å². The van der Waals surface area contributed by atoms with Gasteiger partial charge in [0.1, 0.15) is 0 Å². The number of hydrogen-bond acceptors (Lipinski definition) is 3. The molecule has 180 valence electrons. The molecule has 3 aromatic carbocycles. The molecular formula is C29H21F3N2O2. The van der Waals surface area contributed by atoms with Crippen molar-refractivity contribution in [2.45, 2.75) is 13.1 Å². The maximum absolute atomic E-state index is 13.0. The number of ketones is 1. The minimum Gasteiger partial charge on any atom is -0.322 e. The van der Waals surface area contributed by atoms with Crippen molar-refractivity contribution in [2.24, 2.45) is 0 Å². The van der Waals surface area contributed by atoms with Gasteiger partial charge in [0, 0.05) is 22.5 Å². The van der Waals surface area contributed by atoms with E-state index in [0.717, 1.165) is 17.8 Å². The predicted octanol–water partition coefficient (Wildman–Crippen LogP) is 7.22. The van der Waals surface area contributed by atoms with Gasteiger partial charge in [-0.2, -0.15) is 13.2 Å². The number of carbonyl (C=O) groups excluding carboxylic acids is 2. The monoisotopic (exact) mass is 486 g/mol. The number of carbonyl (C=O) groups is 2. The van der Waals surface area contributed by atoms with Crippen LogP contribution in [0, 0.1) is 6.92 Å². The fourth-order valence-corrected chi connectivity index (χ4v) is 3.60. The molecule has 36 heavy (non-hydrogen) atoms. The molecule has 4 rings (SSSR count). The van der Waals surface area contributed by atoms with E-state index in [9.17, 15) is 22.8 Å². The number of hydrogen-bond donors (Lipinski definition) is 1. The lowest BCUT2D eigenvalue weighted by Gasteiger charge is -2.12. The van der Waals surface area contributed by atoms with Crippen LogP contribution in [0.5, 0.6) is 0 Å². The number of rotatable bonds is 6. The Labute approximate surface area is 206 Å². The van der Waals surface area contributed by atoms with E-state index in [1.54, 1.807) is 60.7 Å². The third-order valence-electron chi connectivity index (χ3n) is 5.44. The summed E-state index contributed by atoms with van der Waals surface area (Å²) < 4.78 is 38.7. The third-order valence-corrected chi connectivity index (χ3v) is 5.44. The number of alkyl halides is 3. The molecule has 0 aliphatic heterocycles. The van der Waals surface area contributed by atoms with E-state index in [-0.39, 0.29) is 5.78 Å². The number of anilines is 1. The maximum atomic E-state index is 13.0. The number of nitrogens with one attached hydrogen (secondary N) is 1. The molecule has 1 amide bonds. The summed E-state index contributed by atoms with van der Waals surface area (Å²) in [6, 6.07) is 23.3. The van der Waals surface area contributed by atoms with E-state index >= 15 is 0 Å². The van der Waals surface area contributed by atoms with Crippen LogP contribution in [-0.2, 0) is 6.18 Å². The zero-order valence-electron chi connectivity index (χ0n) is 19.2. The number of pyridine rings is 1. The first-order valence-electron chi connectivity index (χ1n) is 11.0. The van der Waals surface area contributed by atoms with Gasteiger partial charge >= 0.3 is 6.18 Å². The maximum Gasteiger partial charge on any atom is 0.416 e. The lowest BCUT2D eigenvalue weighted by Crippen LogP contribution is -2.13. The second kappa shape index (κ2) is 10.4. The van der Waals surface area contributed by atoms with Crippen molar-refractivity contribution in [3.05, 3.63) is 125 Å². The van der Waals surface area contributed by atoms with Gasteiger partial charge in [-0.05, 0) is 84.8 Å². The number of allylic oxidation sites excluding steroid dienone is 1. The number of aryl methyl sites for hydroxylation is 1. The first kappa shape index (κ1) is 24.6. The van der Waals surface area contributed by atoms with Crippen LogP contribution in [0.25, 0.3) is 17.2 Å². The Hall–Kier alpha value is -4.52. The predicted molar refractivity (Wildman–Crippen MR) is 134 cm³/mol. The number of benzene rings is 3. The molecule has 0 fully saturated rings. The Morgan fingerprint density at radius 3 is 2.19 bits per heavy atom. The van der Waals surface area contributed by atoms with Crippen molar-refractivity contribution in [1.29, 1.82) is 0 Å². The number of amides is 1. The molecule has 0 aliphatic rings. The average Bonchev–Trinajstić information content (AvgIpc) is 2.87. The summed E-state index contributed by atoms with van der Waals surface area (Å²) in [5.41, 5.74) is 3.00. The van der Waals surface area contributed by atoms with Crippen LogP contribution in [0.3, 0.4) is 0 Å². The molecule has 0 aliphatic carbocycles. The van der Waals surface area contributed by atoms with Crippen LogP contribution in [0.1, 0.15) is 37.7 Å². The van der Waals surface area contributed by atoms with Crippen LogP contribution in [0.2, 0.25) is 0 Å². The molecule has 0 spiro atoms. The molecule has 0 unspecified atom stereocenters. The summed E-state index contributed by atoms with van der Waals surface area (Å²) in [6.45, 7) is 1.87. The highest BCUT2D eigenvalue weighted by molar-refractivity contribution is 6.09. The minimum absolute atomic E-state index is 0.205. The zero-order chi connectivity index (χ0) is 25.7. The van der Waals surface area contributed by atoms with Gasteiger partial charge in [-0.15, -0.1) is 0 Å². The fourth-order valence-electron chi connectivity index (χ4n) is 3.60. The first-order chi connectivity index (χ1) is 17.2. The van der Waals surface area contributed by atoms with E-state index in [1.165, 1.54) is 18.2 Å². The number of nitrogens with zero attached hydrogens (tertiary/aromatic N) is 1. The van der Waals surface area contributed by atoms with Gasteiger partial charge in [0.05, 0.1) is 11.3 Å². The third kappa shape index (κ3) is 5.93. The van der Waals surface area contributed by atoms with E-state index in [2.05, 4.69) is 10.3 Å². The van der Waals surface area contributed by atoms with Crippen molar-refractivity contribution in [3.63, 3.8) is 0 Å². The van der Waals surface area contributed by atoms with Crippen molar-refractivity contribution >= 4 is 23.5 Å². The molecule has 4 aromatic rings. The number of halogens is 3. The lowest BCUT2D eigenvalue weighted by molar-refractivity contribution is -0.137. The van der Waals surface area contributed by atoms with E-state index < -0.39 is 17.6 Å². The highest BCUT2D eigenvalue weighted by atomic mass is 19.4. The molecule has 1 aromatic heterocycles. The van der Waals surface area contributed by atoms with Crippen LogP contribution < -0.4 is 5.32 Å². The van der Waals surface area contributed by atoms with Crippen molar-refractivity contribution in [2.75, 3.05) is 5.32 Å². The van der Waals surface area contributed by atoms with Gasteiger partial charge in [0.2, 0.25) is 0 Å². The molecule has 0 saturated heterocycles. The Morgan fingerprint density at radius 2 is 1.53 bits per heavy atom. The van der Waals surface area contributed by atoms with Crippen molar-refractivity contribution < 1.29 is 22.8 Å². The van der Waals surface area contributed by atoms with Gasteiger partial charge < -0.3 is 5.32 Å². The van der Waals surface area contributed by atoms with Crippen LogP contribution >= 0.6 is 0 Å². The highest BCUT2D eigenvalue weighted by Crippen LogP contribution is 2.32. The normalized spacial score (nSPS) is 11.4. The van der Waals surface area contributed by atoms with Crippen molar-refractivity contribution in [1.82, 2.24) is 4.98 Å². The fraction of sp³-hybridized carbons (Fsp3) is 0.0690. The molecular weight excluding hydrogens is 465 g/mol. The molecule has 0 saturated carbocycles. The standard InChI is InChI=1S/C29H21F3N2O2/c1-19-5-4-6-23(33-19)17-18-27(35)21-11-15-24(16-12-21)34-28(36)26-8-3-2-7-25(26)20-9-13-22(14-10-20)29(30,31)32/h2-18H,1H3,(H,34,36)/b18-17+. The highest BCUT2D eigenvalue weighted by Gasteiger charge is 2.30. The first-order valence-corrected chi connectivity index (χ1v) is 11.0. The summed E-state index contributed by atoms with van der Waals surface area (Å²) in [5, 5.41) is 2.78. The van der Waals surface area contributed by atoms with Crippen LogP contribution in [0.15, 0.2) is 97.1 Å². The van der Waals surface area contributed by atoms with Gasteiger partial charge in [-0.1, -0.05) is 36.4 Å². The number of aromatic nitrogens is 1. The van der Waals surface area contributed by atoms with Gasteiger partial charge in [0.15, 0.2) is 5.78 Å². The minimum atomic E-state index is -4.43. The van der Waals surface area contributed by atoms with Crippen LogP contribution in [-0.4, -0.2) is 16.7 Å².